The van der Waals surface area contributed by atoms with Crippen molar-refractivity contribution in [2.75, 3.05) is 24.2 Å². The smallest absolute Gasteiger partial charge is 0.131 e. The molecule has 0 aliphatic heterocycles. The summed E-state index contributed by atoms with van der Waals surface area (Å²) in [4.78, 5) is 8.09. The van der Waals surface area contributed by atoms with Crippen LogP contribution in [0.4, 0.5) is 11.6 Å². The van der Waals surface area contributed by atoms with Crippen molar-refractivity contribution in [3.63, 3.8) is 0 Å². The molecular formula is C11H20N4O. The lowest BCUT2D eigenvalue weighted by atomic mass is 10.0. The molecule has 0 aliphatic carbocycles. The second-order valence-corrected chi connectivity index (χ2v) is 4.14. The average molecular weight is 224 g/mol. The van der Waals surface area contributed by atoms with Gasteiger partial charge < -0.3 is 15.7 Å². The Bertz CT molecular complexity index is 328. The molecule has 1 unspecified atom stereocenters. The molecule has 0 amide bonds. The van der Waals surface area contributed by atoms with Crippen LogP contribution in [0.1, 0.15) is 26.7 Å². The molecule has 0 spiro atoms. The minimum atomic E-state index is -0.695. The van der Waals surface area contributed by atoms with Gasteiger partial charge in [-0.1, -0.05) is 13.3 Å². The number of rotatable bonds is 6. The summed E-state index contributed by atoms with van der Waals surface area (Å²) in [6.07, 6.45) is 3.22. The molecule has 5 heteroatoms. The SMILES string of the molecule is CCCC(C)(O)CNc1cc(NC)ncn1. The van der Waals surface area contributed by atoms with Crippen LogP contribution in [0.5, 0.6) is 0 Å². The summed E-state index contributed by atoms with van der Waals surface area (Å²) >= 11 is 0. The van der Waals surface area contributed by atoms with Crippen molar-refractivity contribution >= 4 is 11.6 Å². The van der Waals surface area contributed by atoms with Crippen molar-refractivity contribution in [2.24, 2.45) is 0 Å². The lowest BCUT2D eigenvalue weighted by Gasteiger charge is -2.23. The van der Waals surface area contributed by atoms with E-state index in [0.29, 0.717) is 6.54 Å². The van der Waals surface area contributed by atoms with E-state index < -0.39 is 5.60 Å². The van der Waals surface area contributed by atoms with Crippen LogP contribution in [0.15, 0.2) is 12.4 Å². The van der Waals surface area contributed by atoms with Crippen LogP contribution < -0.4 is 10.6 Å². The Morgan fingerprint density at radius 3 is 2.69 bits per heavy atom. The highest BCUT2D eigenvalue weighted by atomic mass is 16.3. The molecular weight excluding hydrogens is 204 g/mol. The zero-order chi connectivity index (χ0) is 12.0. The third-order valence-corrected chi connectivity index (χ3v) is 2.36. The van der Waals surface area contributed by atoms with E-state index >= 15 is 0 Å². The fourth-order valence-corrected chi connectivity index (χ4v) is 1.50. The molecule has 5 nitrogen and oxygen atoms in total. The van der Waals surface area contributed by atoms with Crippen molar-refractivity contribution in [2.45, 2.75) is 32.3 Å². The number of aliphatic hydroxyl groups is 1. The number of aromatic nitrogens is 2. The van der Waals surface area contributed by atoms with E-state index in [4.69, 9.17) is 0 Å². The Balaban J connectivity index is 2.53. The van der Waals surface area contributed by atoms with Gasteiger partial charge >= 0.3 is 0 Å². The number of nitrogens with one attached hydrogen (secondary N) is 2. The minimum Gasteiger partial charge on any atom is -0.388 e. The molecule has 90 valence electrons. The summed E-state index contributed by atoms with van der Waals surface area (Å²) in [7, 11) is 1.80. The highest BCUT2D eigenvalue weighted by molar-refractivity contribution is 5.46. The first-order valence-corrected chi connectivity index (χ1v) is 5.53. The molecule has 1 aromatic rings. The van der Waals surface area contributed by atoms with Crippen LogP contribution in [-0.4, -0.2) is 34.3 Å². The molecule has 0 aliphatic rings. The summed E-state index contributed by atoms with van der Waals surface area (Å²) in [5.41, 5.74) is -0.695. The van der Waals surface area contributed by atoms with Crippen LogP contribution in [0.25, 0.3) is 0 Å². The van der Waals surface area contributed by atoms with E-state index in [2.05, 4.69) is 27.5 Å². The van der Waals surface area contributed by atoms with E-state index in [1.807, 2.05) is 13.0 Å². The van der Waals surface area contributed by atoms with Crippen molar-refractivity contribution in [3.8, 4) is 0 Å². The van der Waals surface area contributed by atoms with Crippen LogP contribution >= 0.6 is 0 Å². The second kappa shape index (κ2) is 5.65. The molecule has 1 heterocycles. The maximum absolute atomic E-state index is 9.98. The van der Waals surface area contributed by atoms with Crippen LogP contribution in [-0.2, 0) is 0 Å². The minimum absolute atomic E-state index is 0.487. The van der Waals surface area contributed by atoms with Gasteiger partial charge in [-0.2, -0.15) is 0 Å². The van der Waals surface area contributed by atoms with E-state index in [9.17, 15) is 5.11 Å². The quantitative estimate of drug-likeness (QED) is 0.683. The topological polar surface area (TPSA) is 70.1 Å². The molecule has 0 bridgehead atoms. The van der Waals surface area contributed by atoms with E-state index in [1.165, 1.54) is 6.33 Å². The van der Waals surface area contributed by atoms with E-state index in [-0.39, 0.29) is 0 Å². The number of nitrogens with zero attached hydrogens (tertiary/aromatic N) is 2. The first-order chi connectivity index (χ1) is 7.57. The van der Waals surface area contributed by atoms with Crippen LogP contribution in [0.3, 0.4) is 0 Å². The molecule has 0 radical (unpaired) electrons. The highest BCUT2D eigenvalue weighted by Gasteiger charge is 2.18. The molecule has 1 atom stereocenters. The highest BCUT2D eigenvalue weighted by Crippen LogP contribution is 2.14. The Kier molecular flexibility index (Phi) is 4.49. The van der Waals surface area contributed by atoms with Gasteiger partial charge in [0.2, 0.25) is 0 Å². The Labute approximate surface area is 96.3 Å². The fraction of sp³-hybridized carbons (Fsp3) is 0.636. The number of hydrogen-bond donors (Lipinski definition) is 3. The molecule has 0 aromatic carbocycles. The van der Waals surface area contributed by atoms with Crippen molar-refractivity contribution in [3.05, 3.63) is 12.4 Å². The monoisotopic (exact) mass is 224 g/mol. The van der Waals surface area contributed by atoms with Gasteiger partial charge in [-0.3, -0.25) is 0 Å². The van der Waals surface area contributed by atoms with Crippen LogP contribution in [0.2, 0.25) is 0 Å². The Morgan fingerprint density at radius 1 is 1.38 bits per heavy atom. The third-order valence-electron chi connectivity index (χ3n) is 2.36. The molecule has 1 rings (SSSR count). The zero-order valence-corrected chi connectivity index (χ0v) is 10.1. The van der Waals surface area contributed by atoms with E-state index in [0.717, 1.165) is 24.5 Å². The van der Waals surface area contributed by atoms with Gasteiger partial charge in [0.05, 0.1) is 5.60 Å². The molecule has 0 saturated carbocycles. The summed E-state index contributed by atoms with van der Waals surface area (Å²) in [5, 5.41) is 16.0. The predicted molar refractivity (Wildman–Crippen MR) is 65.6 cm³/mol. The van der Waals surface area contributed by atoms with Gasteiger partial charge in [-0.15, -0.1) is 0 Å². The van der Waals surface area contributed by atoms with Gasteiger partial charge in [0.25, 0.3) is 0 Å². The van der Waals surface area contributed by atoms with Crippen molar-refractivity contribution in [1.29, 1.82) is 0 Å². The maximum atomic E-state index is 9.98. The second-order valence-electron chi connectivity index (χ2n) is 4.14. The molecule has 0 fully saturated rings. The maximum Gasteiger partial charge on any atom is 0.131 e. The summed E-state index contributed by atoms with van der Waals surface area (Å²) in [5.74, 6) is 1.48. The first-order valence-electron chi connectivity index (χ1n) is 5.53. The van der Waals surface area contributed by atoms with Gasteiger partial charge in [-0.05, 0) is 13.3 Å². The Hall–Kier alpha value is -1.36. The summed E-state index contributed by atoms with van der Waals surface area (Å²) < 4.78 is 0. The van der Waals surface area contributed by atoms with Gasteiger partial charge in [0.1, 0.15) is 18.0 Å². The van der Waals surface area contributed by atoms with Crippen molar-refractivity contribution < 1.29 is 5.11 Å². The molecule has 1 aromatic heterocycles. The first kappa shape index (κ1) is 12.7. The lowest BCUT2D eigenvalue weighted by Crippen LogP contribution is -2.33. The predicted octanol–water partition coefficient (Wildman–Crippen LogP) is 1.48. The number of anilines is 2. The standard InChI is InChI=1S/C11H20N4O/c1-4-5-11(2,16)7-13-10-6-9(12-3)14-8-15-10/h6,8,16H,4-5,7H2,1-3H3,(H2,12,13,14,15). The summed E-state index contributed by atoms with van der Waals surface area (Å²) in [6.45, 7) is 4.36. The fourth-order valence-electron chi connectivity index (χ4n) is 1.50. The Morgan fingerprint density at radius 2 is 2.06 bits per heavy atom. The van der Waals surface area contributed by atoms with E-state index in [1.54, 1.807) is 7.05 Å². The van der Waals surface area contributed by atoms with Gasteiger partial charge in [0, 0.05) is 19.7 Å². The summed E-state index contributed by atoms with van der Waals surface area (Å²) in [6, 6.07) is 1.81. The molecule has 0 saturated heterocycles. The lowest BCUT2D eigenvalue weighted by molar-refractivity contribution is 0.0636. The van der Waals surface area contributed by atoms with Crippen LogP contribution in [0, 0.1) is 0 Å². The number of hydrogen-bond acceptors (Lipinski definition) is 5. The third kappa shape index (κ3) is 4.02. The zero-order valence-electron chi connectivity index (χ0n) is 10.1. The molecule has 16 heavy (non-hydrogen) atoms. The largest absolute Gasteiger partial charge is 0.388 e. The normalized spacial score (nSPS) is 14.2. The van der Waals surface area contributed by atoms with Crippen molar-refractivity contribution in [1.82, 2.24) is 9.97 Å². The molecule has 3 N–H and O–H groups in total. The average Bonchev–Trinajstić information content (AvgIpc) is 2.27. The van der Waals surface area contributed by atoms with Gasteiger partial charge in [0.15, 0.2) is 0 Å². The van der Waals surface area contributed by atoms with Gasteiger partial charge in [-0.25, -0.2) is 9.97 Å².